The summed E-state index contributed by atoms with van der Waals surface area (Å²) in [5.41, 5.74) is 4.73. The van der Waals surface area contributed by atoms with Crippen LogP contribution in [0.3, 0.4) is 0 Å². The van der Waals surface area contributed by atoms with Gasteiger partial charge >= 0.3 is 0 Å². The molecule has 0 saturated heterocycles. The number of furan rings is 1. The molecule has 4 aromatic rings. The molecule has 24 heavy (non-hydrogen) atoms. The van der Waals surface area contributed by atoms with Crippen LogP contribution in [0, 0.1) is 5.82 Å². The predicted octanol–water partition coefficient (Wildman–Crippen LogP) is 6.16. The van der Waals surface area contributed by atoms with Crippen LogP contribution in [0.25, 0.3) is 22.6 Å². The Balaban J connectivity index is 1.94. The van der Waals surface area contributed by atoms with Crippen LogP contribution in [0.1, 0.15) is 16.7 Å². The van der Waals surface area contributed by atoms with Crippen molar-refractivity contribution >= 4 is 22.6 Å². The summed E-state index contributed by atoms with van der Waals surface area (Å²) < 4.78 is 19.3. The molecule has 3 aromatic carbocycles. The highest BCUT2D eigenvalue weighted by Gasteiger charge is 2.12. The van der Waals surface area contributed by atoms with E-state index >= 15 is 0 Å². The lowest BCUT2D eigenvalue weighted by molar-refractivity contribution is 0.615. The molecule has 0 aliphatic rings. The molecule has 0 radical (unpaired) electrons. The molecule has 0 saturated carbocycles. The fourth-order valence-electron chi connectivity index (χ4n) is 2.88. The summed E-state index contributed by atoms with van der Waals surface area (Å²) >= 11 is 0. The second-order valence-corrected chi connectivity index (χ2v) is 5.62. The average Bonchev–Trinajstić information content (AvgIpc) is 3.04. The largest absolute Gasteiger partial charge is 0.464 e. The number of fused-ring (bicyclic) bond motifs is 1. The molecule has 0 N–H and O–H groups in total. The Labute approximate surface area is 139 Å². The van der Waals surface area contributed by atoms with Gasteiger partial charge in [-0.2, -0.15) is 0 Å². The van der Waals surface area contributed by atoms with Crippen LogP contribution in [0.15, 0.2) is 89.5 Å². The third-order valence-electron chi connectivity index (χ3n) is 4.02. The van der Waals surface area contributed by atoms with Crippen LogP contribution in [-0.4, -0.2) is 0 Å². The van der Waals surface area contributed by atoms with Crippen molar-refractivity contribution in [1.29, 1.82) is 0 Å². The van der Waals surface area contributed by atoms with E-state index in [1.165, 1.54) is 12.1 Å². The highest BCUT2D eigenvalue weighted by atomic mass is 19.1. The molecule has 0 spiro atoms. The standard InChI is InChI=1S/C22H15FO/c23-18-10-6-7-16(13-18)14-20(17-8-2-1-3-9-17)21-15-24-22-12-5-4-11-19(21)22/h1-15H/b20-14+. The molecular formula is C22H15FO. The number of rotatable bonds is 3. The number of halogens is 1. The van der Waals surface area contributed by atoms with E-state index in [-0.39, 0.29) is 5.82 Å². The van der Waals surface area contributed by atoms with Crippen molar-refractivity contribution in [3.8, 4) is 0 Å². The molecule has 0 aliphatic heterocycles. The quantitative estimate of drug-likeness (QED) is 0.413. The summed E-state index contributed by atoms with van der Waals surface area (Å²) in [4.78, 5) is 0. The Morgan fingerprint density at radius 3 is 2.46 bits per heavy atom. The first-order valence-corrected chi connectivity index (χ1v) is 7.80. The number of benzene rings is 3. The summed E-state index contributed by atoms with van der Waals surface area (Å²) in [5, 5.41) is 1.05. The lowest BCUT2D eigenvalue weighted by Crippen LogP contribution is -1.87. The molecule has 1 nitrogen and oxygen atoms in total. The minimum Gasteiger partial charge on any atom is -0.464 e. The maximum Gasteiger partial charge on any atom is 0.134 e. The Morgan fingerprint density at radius 2 is 1.62 bits per heavy atom. The molecule has 1 aromatic heterocycles. The van der Waals surface area contributed by atoms with E-state index in [4.69, 9.17) is 4.42 Å². The smallest absolute Gasteiger partial charge is 0.134 e. The summed E-state index contributed by atoms with van der Waals surface area (Å²) in [6.07, 6.45) is 3.76. The van der Waals surface area contributed by atoms with Gasteiger partial charge in [0.2, 0.25) is 0 Å². The van der Waals surface area contributed by atoms with E-state index < -0.39 is 0 Å². The van der Waals surface area contributed by atoms with E-state index in [9.17, 15) is 4.39 Å². The van der Waals surface area contributed by atoms with Gasteiger partial charge in [0.05, 0.1) is 6.26 Å². The number of para-hydroxylation sites is 1. The lowest BCUT2D eigenvalue weighted by atomic mass is 9.95. The second kappa shape index (κ2) is 6.17. The number of hydrogen-bond acceptors (Lipinski definition) is 1. The van der Waals surface area contributed by atoms with Crippen molar-refractivity contribution in [2.24, 2.45) is 0 Å². The molecule has 4 rings (SSSR count). The Kier molecular flexibility index (Phi) is 3.72. The molecular weight excluding hydrogens is 299 g/mol. The maximum absolute atomic E-state index is 13.6. The number of hydrogen-bond donors (Lipinski definition) is 0. The molecule has 0 atom stereocenters. The molecule has 1 heterocycles. The fourth-order valence-corrected chi connectivity index (χ4v) is 2.88. The maximum atomic E-state index is 13.6. The van der Waals surface area contributed by atoms with Gasteiger partial charge < -0.3 is 4.42 Å². The van der Waals surface area contributed by atoms with Gasteiger partial charge in [0.15, 0.2) is 0 Å². The van der Waals surface area contributed by atoms with Gasteiger partial charge in [-0.3, -0.25) is 0 Å². The average molecular weight is 314 g/mol. The van der Waals surface area contributed by atoms with Crippen LogP contribution in [-0.2, 0) is 0 Å². The molecule has 116 valence electrons. The van der Waals surface area contributed by atoms with E-state index in [1.54, 1.807) is 12.3 Å². The van der Waals surface area contributed by atoms with Gasteiger partial charge in [0.25, 0.3) is 0 Å². The molecule has 0 amide bonds. The highest BCUT2D eigenvalue weighted by molar-refractivity contribution is 6.01. The van der Waals surface area contributed by atoms with E-state index in [0.717, 1.165) is 33.2 Å². The van der Waals surface area contributed by atoms with Crippen molar-refractivity contribution in [2.75, 3.05) is 0 Å². The summed E-state index contributed by atoms with van der Waals surface area (Å²) in [5.74, 6) is -0.242. The summed E-state index contributed by atoms with van der Waals surface area (Å²) in [6, 6.07) is 24.6. The molecule has 0 bridgehead atoms. The molecule has 0 fully saturated rings. The highest BCUT2D eigenvalue weighted by Crippen LogP contribution is 2.33. The van der Waals surface area contributed by atoms with Crippen LogP contribution in [0.5, 0.6) is 0 Å². The minimum absolute atomic E-state index is 0.242. The zero-order valence-corrected chi connectivity index (χ0v) is 12.9. The third-order valence-corrected chi connectivity index (χ3v) is 4.02. The van der Waals surface area contributed by atoms with Crippen LogP contribution >= 0.6 is 0 Å². The SMILES string of the molecule is Fc1cccc(/C=C(\c2ccccc2)c2coc3ccccc23)c1. The third kappa shape index (κ3) is 2.74. The first-order chi connectivity index (χ1) is 11.8. The van der Waals surface area contributed by atoms with Gasteiger partial charge in [-0.15, -0.1) is 0 Å². The van der Waals surface area contributed by atoms with Gasteiger partial charge in [-0.05, 0) is 41.0 Å². The lowest BCUT2D eigenvalue weighted by Gasteiger charge is -2.07. The molecule has 0 aliphatic carbocycles. The zero-order valence-electron chi connectivity index (χ0n) is 12.9. The van der Waals surface area contributed by atoms with Crippen molar-refractivity contribution < 1.29 is 8.81 Å². The van der Waals surface area contributed by atoms with Crippen molar-refractivity contribution in [3.05, 3.63) is 108 Å². The normalized spacial score (nSPS) is 11.8. The molecule has 0 unspecified atom stereocenters. The van der Waals surface area contributed by atoms with Gasteiger partial charge in [0, 0.05) is 10.9 Å². The summed E-state index contributed by atoms with van der Waals surface area (Å²) in [7, 11) is 0. The zero-order chi connectivity index (χ0) is 16.4. The monoisotopic (exact) mass is 314 g/mol. The fraction of sp³-hybridized carbons (Fsp3) is 0. The van der Waals surface area contributed by atoms with Crippen molar-refractivity contribution in [1.82, 2.24) is 0 Å². The first kappa shape index (κ1) is 14.5. The van der Waals surface area contributed by atoms with Gasteiger partial charge in [0.1, 0.15) is 11.4 Å². The summed E-state index contributed by atoms with van der Waals surface area (Å²) in [6.45, 7) is 0. The van der Waals surface area contributed by atoms with Crippen LogP contribution < -0.4 is 0 Å². The Morgan fingerprint density at radius 1 is 0.833 bits per heavy atom. The van der Waals surface area contributed by atoms with E-state index in [0.29, 0.717) is 0 Å². The first-order valence-electron chi connectivity index (χ1n) is 7.80. The topological polar surface area (TPSA) is 13.1 Å². The van der Waals surface area contributed by atoms with Crippen LogP contribution in [0.4, 0.5) is 4.39 Å². The van der Waals surface area contributed by atoms with Crippen molar-refractivity contribution in [3.63, 3.8) is 0 Å². The van der Waals surface area contributed by atoms with E-state index in [1.807, 2.05) is 66.7 Å². The molecule has 2 heteroatoms. The van der Waals surface area contributed by atoms with Gasteiger partial charge in [-0.1, -0.05) is 60.7 Å². The predicted molar refractivity (Wildman–Crippen MR) is 96.0 cm³/mol. The van der Waals surface area contributed by atoms with E-state index in [2.05, 4.69) is 0 Å². The minimum atomic E-state index is -0.242. The Hall–Kier alpha value is -3.13. The Bertz CT molecular complexity index is 1010. The second-order valence-electron chi connectivity index (χ2n) is 5.62. The van der Waals surface area contributed by atoms with Crippen molar-refractivity contribution in [2.45, 2.75) is 0 Å². The van der Waals surface area contributed by atoms with Crippen LogP contribution in [0.2, 0.25) is 0 Å². The van der Waals surface area contributed by atoms with Gasteiger partial charge in [-0.25, -0.2) is 4.39 Å².